The lowest BCUT2D eigenvalue weighted by molar-refractivity contribution is -0.139. The molecule has 0 radical (unpaired) electrons. The molecule has 3 rings (SSSR count). The van der Waals surface area contributed by atoms with E-state index in [0.29, 0.717) is 4.31 Å². The number of rotatable bonds is 10. The molecule has 0 aromatic heterocycles. The van der Waals surface area contributed by atoms with Crippen molar-refractivity contribution < 1.29 is 26.8 Å². The molecule has 10 heteroatoms. The van der Waals surface area contributed by atoms with E-state index in [9.17, 15) is 26.8 Å². The molecule has 3 aromatic rings. The average Bonchev–Trinajstić information content (AvgIpc) is 2.87. The van der Waals surface area contributed by atoms with Crippen molar-refractivity contribution in [2.24, 2.45) is 0 Å². The third-order valence-corrected chi connectivity index (χ3v) is 7.40. The molecular formula is C27H29F2N3O4S. The first-order chi connectivity index (χ1) is 17.5. The van der Waals surface area contributed by atoms with Crippen LogP contribution in [0, 0.1) is 11.6 Å². The van der Waals surface area contributed by atoms with E-state index in [4.69, 9.17) is 0 Å². The predicted molar refractivity (Wildman–Crippen MR) is 137 cm³/mol. The second-order valence-corrected chi connectivity index (χ2v) is 10.6. The Hall–Kier alpha value is -3.79. The van der Waals surface area contributed by atoms with E-state index in [-0.39, 0.29) is 28.7 Å². The smallest absolute Gasteiger partial charge is 0.264 e. The van der Waals surface area contributed by atoms with Gasteiger partial charge in [-0.25, -0.2) is 17.2 Å². The number of benzene rings is 3. The average molecular weight is 530 g/mol. The second-order valence-electron chi connectivity index (χ2n) is 8.73. The van der Waals surface area contributed by atoms with Gasteiger partial charge in [0.05, 0.1) is 10.6 Å². The Labute approximate surface area is 215 Å². The molecule has 0 heterocycles. The maximum atomic E-state index is 14.8. The molecule has 1 atom stereocenters. The van der Waals surface area contributed by atoms with Crippen LogP contribution < -0.4 is 9.62 Å². The summed E-state index contributed by atoms with van der Waals surface area (Å²) in [5, 5.41) is 2.71. The lowest BCUT2D eigenvalue weighted by atomic mass is 10.1. The highest BCUT2D eigenvalue weighted by atomic mass is 32.2. The van der Waals surface area contributed by atoms with E-state index in [2.05, 4.69) is 5.32 Å². The molecule has 0 aliphatic rings. The van der Waals surface area contributed by atoms with E-state index in [1.165, 1.54) is 67.6 Å². The van der Waals surface area contributed by atoms with E-state index in [0.717, 1.165) is 11.0 Å². The molecular weight excluding hydrogens is 500 g/mol. The summed E-state index contributed by atoms with van der Waals surface area (Å²) in [5.41, 5.74) is -0.187. The van der Waals surface area contributed by atoms with Crippen LogP contribution in [-0.4, -0.2) is 43.8 Å². The summed E-state index contributed by atoms with van der Waals surface area (Å²) in [5.74, 6) is -2.74. The first-order valence-electron chi connectivity index (χ1n) is 11.7. The number of hydrogen-bond donors (Lipinski definition) is 1. The Kier molecular flexibility index (Phi) is 8.99. The van der Waals surface area contributed by atoms with Crippen LogP contribution in [0.5, 0.6) is 0 Å². The lowest BCUT2D eigenvalue weighted by Gasteiger charge is -2.32. The highest BCUT2D eigenvalue weighted by Crippen LogP contribution is 2.27. The van der Waals surface area contributed by atoms with E-state index in [1.54, 1.807) is 26.0 Å². The highest BCUT2D eigenvalue weighted by Gasteiger charge is 2.33. The maximum Gasteiger partial charge on any atom is 0.264 e. The van der Waals surface area contributed by atoms with Crippen LogP contribution in [0.4, 0.5) is 14.5 Å². The Morgan fingerprint density at radius 1 is 0.838 bits per heavy atom. The molecule has 0 spiro atoms. The third-order valence-electron chi connectivity index (χ3n) is 5.63. The van der Waals surface area contributed by atoms with Crippen LogP contribution in [0.2, 0.25) is 0 Å². The molecule has 0 aliphatic heterocycles. The fourth-order valence-electron chi connectivity index (χ4n) is 3.68. The number of nitrogens with one attached hydrogen (secondary N) is 1. The molecule has 1 N–H and O–H groups in total. The van der Waals surface area contributed by atoms with Crippen LogP contribution in [-0.2, 0) is 26.2 Å². The molecule has 196 valence electrons. The summed E-state index contributed by atoms with van der Waals surface area (Å²) in [7, 11) is -4.38. The van der Waals surface area contributed by atoms with Gasteiger partial charge in [-0.15, -0.1) is 0 Å². The second kappa shape index (κ2) is 12.0. The highest BCUT2D eigenvalue weighted by molar-refractivity contribution is 7.92. The van der Waals surface area contributed by atoms with Gasteiger partial charge in [0.25, 0.3) is 10.0 Å². The van der Waals surface area contributed by atoms with Crippen molar-refractivity contribution in [3.8, 4) is 0 Å². The van der Waals surface area contributed by atoms with Crippen LogP contribution >= 0.6 is 0 Å². The Morgan fingerprint density at radius 2 is 1.41 bits per heavy atom. The minimum atomic E-state index is -4.38. The number of carbonyl (C=O) groups excluding carboxylic acids is 2. The van der Waals surface area contributed by atoms with Gasteiger partial charge in [0.2, 0.25) is 11.8 Å². The van der Waals surface area contributed by atoms with Gasteiger partial charge in [-0.05, 0) is 51.1 Å². The fraction of sp³-hybridized carbons (Fsp3) is 0.259. The topological polar surface area (TPSA) is 86.8 Å². The fourth-order valence-corrected chi connectivity index (χ4v) is 5.13. The van der Waals surface area contributed by atoms with Gasteiger partial charge in [-0.3, -0.25) is 13.9 Å². The predicted octanol–water partition coefficient (Wildman–Crippen LogP) is 4.10. The van der Waals surface area contributed by atoms with E-state index < -0.39 is 46.1 Å². The molecule has 0 saturated heterocycles. The molecule has 0 aliphatic carbocycles. The van der Waals surface area contributed by atoms with Crippen molar-refractivity contribution in [3.63, 3.8) is 0 Å². The number of para-hydroxylation sites is 1. The molecule has 3 aromatic carbocycles. The molecule has 0 unspecified atom stereocenters. The van der Waals surface area contributed by atoms with Crippen molar-refractivity contribution in [1.29, 1.82) is 0 Å². The van der Waals surface area contributed by atoms with Crippen molar-refractivity contribution in [3.05, 3.63) is 96.1 Å². The largest absolute Gasteiger partial charge is 0.352 e. The zero-order chi connectivity index (χ0) is 27.2. The van der Waals surface area contributed by atoms with Gasteiger partial charge < -0.3 is 10.2 Å². The Morgan fingerprint density at radius 3 is 2.00 bits per heavy atom. The number of halogens is 2. The number of nitrogens with zero attached hydrogens (tertiary/aromatic N) is 2. The summed E-state index contributed by atoms with van der Waals surface area (Å²) in [6.07, 6.45) is 0. The molecule has 2 amide bonds. The van der Waals surface area contributed by atoms with E-state index in [1.807, 2.05) is 0 Å². The first kappa shape index (κ1) is 27.8. The SMILES string of the molecule is CC(C)NC(=O)[C@H](C)N(Cc1ccccc1F)C(=O)CN(c1ccccc1F)S(=O)(=O)c1ccccc1. The normalized spacial score (nSPS) is 12.2. The Balaban J connectivity index is 2.04. The standard InChI is InChI=1S/C27H29F2N3O4S/c1-19(2)30-27(34)20(3)31(17-21-11-7-8-14-23(21)28)26(33)18-32(25-16-10-9-15-24(25)29)37(35,36)22-12-5-4-6-13-22/h4-16,19-20H,17-18H2,1-3H3,(H,30,34)/t20-/m0/s1. The number of sulfonamides is 1. The number of anilines is 1. The van der Waals surface area contributed by atoms with Gasteiger partial charge in [0.1, 0.15) is 24.2 Å². The summed E-state index contributed by atoms with van der Waals surface area (Å²) in [6.45, 7) is 3.86. The van der Waals surface area contributed by atoms with Crippen LogP contribution in [0.25, 0.3) is 0 Å². The summed E-state index contributed by atoms with van der Waals surface area (Å²) in [6, 6.07) is 17.0. The summed E-state index contributed by atoms with van der Waals surface area (Å²) >= 11 is 0. The van der Waals surface area contributed by atoms with Crippen LogP contribution in [0.15, 0.2) is 83.8 Å². The van der Waals surface area contributed by atoms with Gasteiger partial charge in [0.15, 0.2) is 0 Å². The van der Waals surface area contributed by atoms with Crippen molar-refractivity contribution in [1.82, 2.24) is 10.2 Å². The van der Waals surface area contributed by atoms with Crippen molar-refractivity contribution >= 4 is 27.5 Å². The summed E-state index contributed by atoms with van der Waals surface area (Å²) < 4.78 is 57.1. The molecule has 37 heavy (non-hydrogen) atoms. The minimum absolute atomic E-state index is 0.141. The zero-order valence-electron chi connectivity index (χ0n) is 20.8. The van der Waals surface area contributed by atoms with Crippen molar-refractivity contribution in [2.75, 3.05) is 10.8 Å². The molecule has 0 saturated carbocycles. The first-order valence-corrected chi connectivity index (χ1v) is 13.1. The van der Waals surface area contributed by atoms with Gasteiger partial charge in [0, 0.05) is 18.2 Å². The number of hydrogen-bond acceptors (Lipinski definition) is 4. The monoisotopic (exact) mass is 529 g/mol. The number of amides is 2. The summed E-state index contributed by atoms with van der Waals surface area (Å²) in [4.78, 5) is 27.4. The quantitative estimate of drug-likeness (QED) is 0.429. The van der Waals surface area contributed by atoms with Crippen LogP contribution in [0.3, 0.4) is 0 Å². The minimum Gasteiger partial charge on any atom is -0.352 e. The van der Waals surface area contributed by atoms with Crippen molar-refractivity contribution in [2.45, 2.75) is 44.3 Å². The van der Waals surface area contributed by atoms with Gasteiger partial charge in [-0.2, -0.15) is 0 Å². The van der Waals surface area contributed by atoms with E-state index >= 15 is 0 Å². The lowest BCUT2D eigenvalue weighted by Crippen LogP contribution is -2.52. The molecule has 7 nitrogen and oxygen atoms in total. The molecule has 0 bridgehead atoms. The van der Waals surface area contributed by atoms with Crippen LogP contribution in [0.1, 0.15) is 26.3 Å². The van der Waals surface area contributed by atoms with Gasteiger partial charge in [-0.1, -0.05) is 48.5 Å². The maximum absolute atomic E-state index is 14.8. The molecule has 0 fully saturated rings. The van der Waals surface area contributed by atoms with Gasteiger partial charge >= 0.3 is 0 Å². The Bertz CT molecular complexity index is 1350. The third kappa shape index (κ3) is 6.71. The number of carbonyl (C=O) groups is 2. The zero-order valence-corrected chi connectivity index (χ0v) is 21.6.